The predicted octanol–water partition coefficient (Wildman–Crippen LogP) is 9.46. The van der Waals surface area contributed by atoms with Gasteiger partial charge in [-0.05, 0) is 95.4 Å². The van der Waals surface area contributed by atoms with Crippen LogP contribution < -0.4 is 0 Å². The monoisotopic (exact) mass is 569 g/mol. The molecule has 0 aliphatic carbocycles. The van der Waals surface area contributed by atoms with Gasteiger partial charge in [0.15, 0.2) is 0 Å². The fourth-order valence-corrected chi connectivity index (χ4v) is 7.08. The minimum atomic E-state index is 0.989. The van der Waals surface area contributed by atoms with E-state index in [0.717, 1.165) is 49.9 Å². The molecule has 0 aliphatic heterocycles. The number of aromatic nitrogens is 5. The van der Waals surface area contributed by atoms with Crippen molar-refractivity contribution in [2.75, 3.05) is 0 Å². The third-order valence-electron chi connectivity index (χ3n) is 8.24. The Bertz CT molecular complexity index is 2440. The molecule has 0 amide bonds. The van der Waals surface area contributed by atoms with Crippen LogP contribution in [0.25, 0.3) is 76.7 Å². The number of nitrogens with zero attached hydrogens (tertiary/aromatic N) is 5. The molecule has 202 valence electrons. The summed E-state index contributed by atoms with van der Waals surface area (Å²) in [4.78, 5) is 13.5. The van der Waals surface area contributed by atoms with Gasteiger partial charge in [0.1, 0.15) is 0 Å². The van der Waals surface area contributed by atoms with Crippen molar-refractivity contribution in [3.05, 3.63) is 139 Å². The SMILES string of the molecule is c1cncc(-c2ccc3c(c2)c2cc(-n4c5ccc(-c6cccnc6)cc5c5ncccc54)ccc2n3-c2cccs2)c1. The van der Waals surface area contributed by atoms with Crippen LogP contribution >= 0.6 is 11.3 Å². The maximum absolute atomic E-state index is 4.84. The van der Waals surface area contributed by atoms with Crippen LogP contribution in [0.1, 0.15) is 0 Å². The first-order chi connectivity index (χ1) is 21.3. The first kappa shape index (κ1) is 24.1. The molecule has 9 rings (SSSR count). The second kappa shape index (κ2) is 9.48. The van der Waals surface area contributed by atoms with E-state index in [2.05, 4.69) is 109 Å². The number of pyridine rings is 3. The van der Waals surface area contributed by atoms with E-state index in [-0.39, 0.29) is 0 Å². The Kier molecular flexibility index (Phi) is 5.30. The fourth-order valence-electron chi connectivity index (χ4n) is 6.32. The Labute approximate surface area is 251 Å². The van der Waals surface area contributed by atoms with Crippen molar-refractivity contribution in [2.45, 2.75) is 0 Å². The maximum Gasteiger partial charge on any atom is 0.0999 e. The number of hydrogen-bond donors (Lipinski definition) is 0. The van der Waals surface area contributed by atoms with Crippen LogP contribution in [0, 0.1) is 0 Å². The molecule has 0 saturated carbocycles. The second-order valence-corrected chi connectivity index (χ2v) is 11.6. The van der Waals surface area contributed by atoms with Gasteiger partial charge in [0, 0.05) is 64.0 Å². The summed E-state index contributed by atoms with van der Waals surface area (Å²) in [6.45, 7) is 0. The smallest absolute Gasteiger partial charge is 0.0999 e. The summed E-state index contributed by atoms with van der Waals surface area (Å²) in [6.07, 6.45) is 9.33. The zero-order valence-corrected chi connectivity index (χ0v) is 23.7. The zero-order valence-electron chi connectivity index (χ0n) is 22.9. The van der Waals surface area contributed by atoms with Crippen molar-refractivity contribution in [3.8, 4) is 32.9 Å². The summed E-state index contributed by atoms with van der Waals surface area (Å²) in [5.41, 5.74) is 11.1. The first-order valence-electron chi connectivity index (χ1n) is 14.2. The summed E-state index contributed by atoms with van der Waals surface area (Å²) >= 11 is 1.75. The van der Waals surface area contributed by atoms with Crippen molar-refractivity contribution in [2.24, 2.45) is 0 Å². The Balaban J connectivity index is 1.32. The number of rotatable bonds is 4. The summed E-state index contributed by atoms with van der Waals surface area (Å²) < 4.78 is 4.71. The van der Waals surface area contributed by atoms with Gasteiger partial charge < -0.3 is 9.13 Å². The molecule has 9 aromatic rings. The Hall–Kier alpha value is -5.59. The molecular weight excluding hydrogens is 547 g/mol. The van der Waals surface area contributed by atoms with E-state index in [1.807, 2.05) is 43.0 Å². The van der Waals surface area contributed by atoms with Gasteiger partial charge in [-0.2, -0.15) is 0 Å². The fraction of sp³-hybridized carbons (Fsp3) is 0. The number of benzene rings is 3. The van der Waals surface area contributed by atoms with E-state index in [1.54, 1.807) is 17.5 Å². The predicted molar refractivity (Wildman–Crippen MR) is 177 cm³/mol. The minimum absolute atomic E-state index is 0.989. The van der Waals surface area contributed by atoms with Gasteiger partial charge in [0.2, 0.25) is 0 Å². The van der Waals surface area contributed by atoms with Crippen LogP contribution in [-0.2, 0) is 0 Å². The van der Waals surface area contributed by atoms with E-state index < -0.39 is 0 Å². The summed E-state index contributed by atoms with van der Waals surface area (Å²) in [5.74, 6) is 0. The summed E-state index contributed by atoms with van der Waals surface area (Å²) in [5, 5.41) is 6.88. The lowest BCUT2D eigenvalue weighted by atomic mass is 10.0. The molecule has 43 heavy (non-hydrogen) atoms. The highest BCUT2D eigenvalue weighted by molar-refractivity contribution is 7.12. The van der Waals surface area contributed by atoms with E-state index in [9.17, 15) is 0 Å². The average Bonchev–Trinajstić information content (AvgIpc) is 3.80. The molecule has 0 unspecified atom stereocenters. The lowest BCUT2D eigenvalue weighted by molar-refractivity contribution is 1.17. The van der Waals surface area contributed by atoms with Crippen molar-refractivity contribution in [3.63, 3.8) is 0 Å². The van der Waals surface area contributed by atoms with Crippen LogP contribution in [0.15, 0.2) is 139 Å². The highest BCUT2D eigenvalue weighted by Gasteiger charge is 2.18. The van der Waals surface area contributed by atoms with Gasteiger partial charge in [-0.1, -0.05) is 24.3 Å². The molecule has 0 atom stereocenters. The Morgan fingerprint density at radius 3 is 1.81 bits per heavy atom. The van der Waals surface area contributed by atoms with Crippen LogP contribution in [0.4, 0.5) is 0 Å². The molecule has 5 nitrogen and oxygen atoms in total. The van der Waals surface area contributed by atoms with Crippen molar-refractivity contribution in [1.82, 2.24) is 24.1 Å². The van der Waals surface area contributed by atoms with Crippen LogP contribution in [-0.4, -0.2) is 24.1 Å². The molecule has 0 fully saturated rings. The molecule has 0 bridgehead atoms. The molecule has 0 spiro atoms. The lowest BCUT2D eigenvalue weighted by Gasteiger charge is -2.09. The van der Waals surface area contributed by atoms with Gasteiger partial charge >= 0.3 is 0 Å². The van der Waals surface area contributed by atoms with Crippen molar-refractivity contribution in [1.29, 1.82) is 0 Å². The van der Waals surface area contributed by atoms with Crippen LogP contribution in [0.2, 0.25) is 0 Å². The third-order valence-corrected chi connectivity index (χ3v) is 9.10. The van der Waals surface area contributed by atoms with Crippen LogP contribution in [0.3, 0.4) is 0 Å². The standard InChI is InChI=1S/C37H23N5S/c1-5-26(22-38-15-1)24-9-12-32-29(19-24)30-21-28(11-14-33(30)42(32)36-8-4-18-43-36)41-34-13-10-25(27-6-2-16-39-23-27)20-31(34)37-35(41)7-3-17-40-37/h1-23H. The minimum Gasteiger partial charge on any atom is -0.308 e. The summed E-state index contributed by atoms with van der Waals surface area (Å²) in [6, 6.07) is 36.8. The maximum atomic E-state index is 4.84. The van der Waals surface area contributed by atoms with E-state index >= 15 is 0 Å². The van der Waals surface area contributed by atoms with Gasteiger partial charge in [0.05, 0.1) is 32.6 Å². The molecule has 0 radical (unpaired) electrons. The molecule has 6 aromatic heterocycles. The third kappa shape index (κ3) is 3.74. The number of fused-ring (bicyclic) bond motifs is 6. The van der Waals surface area contributed by atoms with Crippen molar-refractivity contribution < 1.29 is 0 Å². The van der Waals surface area contributed by atoms with Gasteiger partial charge in [-0.15, -0.1) is 11.3 Å². The molecule has 6 heteroatoms. The Morgan fingerprint density at radius 2 is 1.14 bits per heavy atom. The Morgan fingerprint density at radius 1 is 0.488 bits per heavy atom. The average molecular weight is 570 g/mol. The van der Waals surface area contributed by atoms with Crippen molar-refractivity contribution >= 4 is 55.1 Å². The first-order valence-corrected chi connectivity index (χ1v) is 15.0. The lowest BCUT2D eigenvalue weighted by Crippen LogP contribution is -1.95. The summed E-state index contributed by atoms with van der Waals surface area (Å²) in [7, 11) is 0. The molecule has 6 heterocycles. The molecular formula is C37H23N5S. The van der Waals surface area contributed by atoms with E-state index in [1.165, 1.54) is 26.8 Å². The van der Waals surface area contributed by atoms with E-state index in [0.29, 0.717) is 0 Å². The number of hydrogen-bond acceptors (Lipinski definition) is 4. The highest BCUT2D eigenvalue weighted by atomic mass is 32.1. The zero-order chi connectivity index (χ0) is 28.3. The molecule has 0 aliphatic rings. The molecule has 0 N–H and O–H groups in total. The largest absolute Gasteiger partial charge is 0.308 e. The second-order valence-electron chi connectivity index (χ2n) is 10.6. The van der Waals surface area contributed by atoms with E-state index in [4.69, 9.17) is 4.98 Å². The highest BCUT2D eigenvalue weighted by Crippen LogP contribution is 2.39. The number of thiophene rings is 1. The normalized spacial score (nSPS) is 11.7. The topological polar surface area (TPSA) is 48.5 Å². The quantitative estimate of drug-likeness (QED) is 0.212. The molecule has 0 saturated heterocycles. The van der Waals surface area contributed by atoms with Crippen LogP contribution in [0.5, 0.6) is 0 Å². The molecule has 3 aromatic carbocycles. The van der Waals surface area contributed by atoms with Gasteiger partial charge in [-0.25, -0.2) is 0 Å². The van der Waals surface area contributed by atoms with Gasteiger partial charge in [0.25, 0.3) is 0 Å². The van der Waals surface area contributed by atoms with Gasteiger partial charge in [-0.3, -0.25) is 15.0 Å².